The summed E-state index contributed by atoms with van der Waals surface area (Å²) in [6.07, 6.45) is 3.64. The van der Waals surface area contributed by atoms with Crippen LogP contribution in [0.25, 0.3) is 6.08 Å². The molecule has 4 atom stereocenters. The van der Waals surface area contributed by atoms with E-state index >= 15 is 0 Å². The van der Waals surface area contributed by atoms with E-state index in [1.165, 1.54) is 14.2 Å². The summed E-state index contributed by atoms with van der Waals surface area (Å²) in [5.41, 5.74) is 7.87. The second-order valence-corrected chi connectivity index (χ2v) is 7.79. The highest BCUT2D eigenvalue weighted by atomic mass is 16.5. The number of hydrogen-bond donors (Lipinski definition) is 1. The van der Waals surface area contributed by atoms with Crippen LogP contribution in [0.4, 0.5) is 5.69 Å². The normalized spacial score (nSPS) is 25.9. The molecule has 0 aliphatic carbocycles. The first-order valence-corrected chi connectivity index (χ1v) is 9.91. The van der Waals surface area contributed by atoms with Crippen LogP contribution in [0, 0.1) is 11.8 Å². The van der Waals surface area contributed by atoms with Gasteiger partial charge in [0.25, 0.3) is 0 Å². The van der Waals surface area contributed by atoms with Crippen LogP contribution in [-0.2, 0) is 14.4 Å². The number of imide groups is 1. The van der Waals surface area contributed by atoms with Crippen LogP contribution < -0.4 is 20.1 Å². The number of carbonyl (C=O) groups excluding carboxylic acids is 3. The van der Waals surface area contributed by atoms with E-state index in [1.807, 2.05) is 30.3 Å². The van der Waals surface area contributed by atoms with Crippen molar-refractivity contribution in [2.45, 2.75) is 12.1 Å². The van der Waals surface area contributed by atoms with Crippen molar-refractivity contribution in [1.29, 1.82) is 0 Å². The molecule has 0 bridgehead atoms. The van der Waals surface area contributed by atoms with E-state index in [9.17, 15) is 14.4 Å². The summed E-state index contributed by atoms with van der Waals surface area (Å²) in [5, 5.41) is 0. The van der Waals surface area contributed by atoms with Gasteiger partial charge in [0, 0.05) is 12.3 Å². The van der Waals surface area contributed by atoms with Gasteiger partial charge in [0.1, 0.15) is 17.5 Å². The van der Waals surface area contributed by atoms with Crippen LogP contribution in [0.3, 0.4) is 0 Å². The standard InChI is InChI=1S/C23H21N3O5/c1-30-13-7-8-16(31-2)15(11-13)26-22(28)17-18(23(26)29)20(21(24)27)25-10-9-12-5-3-4-6-14(12)19(17)25/h3-11,17-20H,1-2H3,(H2,24,27)/t17-,18+,19+,20+/m0/s1. The maximum atomic E-state index is 13.7. The Bertz CT molecular complexity index is 1140. The molecule has 3 aliphatic rings. The Morgan fingerprint density at radius 3 is 2.45 bits per heavy atom. The average molecular weight is 419 g/mol. The van der Waals surface area contributed by atoms with E-state index in [1.54, 1.807) is 29.3 Å². The average Bonchev–Trinajstić information content (AvgIpc) is 3.26. The number of nitrogens with zero attached hydrogens (tertiary/aromatic N) is 2. The highest BCUT2D eigenvalue weighted by molar-refractivity contribution is 6.24. The number of methoxy groups -OCH3 is 2. The number of carbonyl (C=O) groups is 3. The zero-order valence-electron chi connectivity index (χ0n) is 17.0. The SMILES string of the molecule is COc1ccc(OC)c(N2C(=O)[C@@H]3[C@H](C2=O)[C@H]2c4ccccc4C=CN2[C@H]3C(N)=O)c1. The van der Waals surface area contributed by atoms with Gasteiger partial charge in [-0.15, -0.1) is 0 Å². The molecule has 0 saturated carbocycles. The molecule has 3 amide bonds. The summed E-state index contributed by atoms with van der Waals surface area (Å²) in [4.78, 5) is 42.6. The molecule has 5 rings (SSSR count). The van der Waals surface area contributed by atoms with E-state index < -0.39 is 35.7 Å². The Labute approximate surface area is 178 Å². The van der Waals surface area contributed by atoms with Crippen molar-refractivity contribution in [3.63, 3.8) is 0 Å². The van der Waals surface area contributed by atoms with Crippen molar-refractivity contribution in [1.82, 2.24) is 4.90 Å². The first-order valence-electron chi connectivity index (χ1n) is 9.91. The third-order valence-corrected chi connectivity index (χ3v) is 6.38. The molecule has 2 aromatic rings. The number of ether oxygens (including phenoxy) is 2. The summed E-state index contributed by atoms with van der Waals surface area (Å²) in [6, 6.07) is 11.2. The molecule has 3 aliphatic heterocycles. The first kappa shape index (κ1) is 19.2. The quantitative estimate of drug-likeness (QED) is 0.757. The lowest BCUT2D eigenvalue weighted by molar-refractivity contribution is -0.129. The minimum absolute atomic E-state index is 0.292. The molecule has 2 saturated heterocycles. The molecule has 0 unspecified atom stereocenters. The van der Waals surface area contributed by atoms with E-state index in [2.05, 4.69) is 0 Å². The highest BCUT2D eigenvalue weighted by Gasteiger charge is 2.64. The number of hydrogen-bond acceptors (Lipinski definition) is 6. The van der Waals surface area contributed by atoms with E-state index in [-0.39, 0.29) is 5.91 Å². The highest BCUT2D eigenvalue weighted by Crippen LogP contribution is 2.53. The Kier molecular flexibility index (Phi) is 4.25. The van der Waals surface area contributed by atoms with Gasteiger partial charge in [-0.3, -0.25) is 14.4 Å². The Morgan fingerprint density at radius 1 is 1.00 bits per heavy atom. The van der Waals surface area contributed by atoms with Gasteiger partial charge in [-0.05, 0) is 29.3 Å². The van der Waals surface area contributed by atoms with Gasteiger partial charge in [-0.1, -0.05) is 24.3 Å². The third-order valence-electron chi connectivity index (χ3n) is 6.38. The van der Waals surface area contributed by atoms with Crippen LogP contribution in [0.2, 0.25) is 0 Å². The molecule has 0 radical (unpaired) electrons. The van der Waals surface area contributed by atoms with Crippen molar-refractivity contribution in [2.75, 3.05) is 19.1 Å². The lowest BCUT2D eigenvalue weighted by Crippen LogP contribution is -2.46. The van der Waals surface area contributed by atoms with Gasteiger partial charge in [-0.25, -0.2) is 4.90 Å². The minimum atomic E-state index is -0.919. The van der Waals surface area contributed by atoms with Gasteiger partial charge in [0.15, 0.2) is 0 Å². The van der Waals surface area contributed by atoms with Crippen molar-refractivity contribution in [3.05, 3.63) is 59.8 Å². The molecule has 0 aromatic heterocycles. The molecule has 2 aromatic carbocycles. The number of benzene rings is 2. The van der Waals surface area contributed by atoms with Gasteiger partial charge in [0.05, 0.1) is 37.8 Å². The molecule has 2 fully saturated rings. The Morgan fingerprint density at radius 2 is 1.74 bits per heavy atom. The van der Waals surface area contributed by atoms with E-state index in [0.29, 0.717) is 17.2 Å². The summed E-state index contributed by atoms with van der Waals surface area (Å²) in [6.45, 7) is 0. The predicted octanol–water partition coefficient (Wildman–Crippen LogP) is 1.70. The number of fused-ring (bicyclic) bond motifs is 5. The number of anilines is 1. The topological polar surface area (TPSA) is 102 Å². The second kappa shape index (κ2) is 6.87. The number of rotatable bonds is 4. The van der Waals surface area contributed by atoms with E-state index in [4.69, 9.17) is 15.2 Å². The molecule has 2 N–H and O–H groups in total. The summed E-state index contributed by atoms with van der Waals surface area (Å²) in [5.74, 6) is -2.28. The molecule has 158 valence electrons. The minimum Gasteiger partial charge on any atom is -0.497 e. The molecule has 8 heteroatoms. The van der Waals surface area contributed by atoms with Crippen molar-refractivity contribution < 1.29 is 23.9 Å². The molecule has 31 heavy (non-hydrogen) atoms. The van der Waals surface area contributed by atoms with Crippen LogP contribution in [-0.4, -0.2) is 42.9 Å². The van der Waals surface area contributed by atoms with E-state index in [0.717, 1.165) is 16.0 Å². The number of primary amides is 1. The molecule has 3 heterocycles. The van der Waals surface area contributed by atoms with Crippen molar-refractivity contribution in [3.8, 4) is 11.5 Å². The lowest BCUT2D eigenvalue weighted by Gasteiger charge is -2.34. The zero-order valence-corrected chi connectivity index (χ0v) is 17.0. The van der Waals surface area contributed by atoms with Crippen LogP contribution in [0.15, 0.2) is 48.7 Å². The van der Waals surface area contributed by atoms with Crippen LogP contribution in [0.5, 0.6) is 11.5 Å². The van der Waals surface area contributed by atoms with Crippen molar-refractivity contribution >= 4 is 29.5 Å². The zero-order chi connectivity index (χ0) is 21.9. The second-order valence-electron chi connectivity index (χ2n) is 7.79. The monoisotopic (exact) mass is 419 g/mol. The Hall–Kier alpha value is -3.81. The molecular formula is C23H21N3O5. The largest absolute Gasteiger partial charge is 0.497 e. The van der Waals surface area contributed by atoms with Crippen LogP contribution >= 0.6 is 0 Å². The fourth-order valence-electron chi connectivity index (χ4n) is 5.09. The summed E-state index contributed by atoms with van der Waals surface area (Å²) >= 11 is 0. The fourth-order valence-corrected chi connectivity index (χ4v) is 5.09. The lowest BCUT2D eigenvalue weighted by atomic mass is 9.84. The predicted molar refractivity (Wildman–Crippen MR) is 112 cm³/mol. The maximum absolute atomic E-state index is 13.7. The van der Waals surface area contributed by atoms with Crippen LogP contribution in [0.1, 0.15) is 17.2 Å². The molecular weight excluding hydrogens is 398 g/mol. The smallest absolute Gasteiger partial charge is 0.240 e. The number of nitrogens with two attached hydrogens (primary N) is 1. The summed E-state index contributed by atoms with van der Waals surface area (Å²) < 4.78 is 10.7. The van der Waals surface area contributed by atoms with Gasteiger partial charge < -0.3 is 20.1 Å². The third kappa shape index (κ3) is 2.57. The summed E-state index contributed by atoms with van der Waals surface area (Å²) in [7, 11) is 2.97. The maximum Gasteiger partial charge on any atom is 0.240 e. The van der Waals surface area contributed by atoms with Gasteiger partial charge in [-0.2, -0.15) is 0 Å². The fraction of sp³-hybridized carbons (Fsp3) is 0.261. The number of amides is 3. The molecule has 8 nitrogen and oxygen atoms in total. The first-order chi connectivity index (χ1) is 15.0. The van der Waals surface area contributed by atoms with Gasteiger partial charge >= 0.3 is 0 Å². The van der Waals surface area contributed by atoms with Crippen molar-refractivity contribution in [2.24, 2.45) is 17.6 Å². The van der Waals surface area contributed by atoms with Gasteiger partial charge in [0.2, 0.25) is 17.7 Å². The molecule has 0 spiro atoms. The Balaban J connectivity index is 1.66.